The lowest BCUT2D eigenvalue weighted by molar-refractivity contribution is 0.572. The normalized spacial score (nSPS) is 10.1. The van der Waals surface area contributed by atoms with Gasteiger partial charge in [0.15, 0.2) is 0 Å². The van der Waals surface area contributed by atoms with E-state index in [-0.39, 0.29) is 5.82 Å². The highest BCUT2D eigenvalue weighted by Crippen LogP contribution is 2.14. The molecule has 0 unspecified atom stereocenters. The minimum Gasteiger partial charge on any atom is -0.207 e. The van der Waals surface area contributed by atoms with E-state index in [0.717, 1.165) is 19.3 Å². The van der Waals surface area contributed by atoms with Gasteiger partial charge in [-0.15, -0.1) is 4.39 Å². The largest absolute Gasteiger partial charge is 0.207 e. The third kappa shape index (κ3) is 6.38. The predicted octanol–water partition coefficient (Wildman–Crippen LogP) is 5.40. The Morgan fingerprint density at radius 2 is 1.68 bits per heavy atom. The van der Waals surface area contributed by atoms with Gasteiger partial charge < -0.3 is 0 Å². The van der Waals surface area contributed by atoms with Crippen molar-refractivity contribution in [2.75, 3.05) is 0 Å². The molecule has 19 heavy (non-hydrogen) atoms. The third-order valence-electron chi connectivity index (χ3n) is 3.29. The topological polar surface area (TPSA) is 0 Å². The zero-order chi connectivity index (χ0) is 13.9. The molecule has 0 heterocycles. The van der Waals surface area contributed by atoms with Crippen LogP contribution < -0.4 is 0 Å². The van der Waals surface area contributed by atoms with Crippen molar-refractivity contribution in [3.05, 3.63) is 35.1 Å². The molecular formula is C17H22F2. The zero-order valence-corrected chi connectivity index (χ0v) is 11.6. The summed E-state index contributed by atoms with van der Waals surface area (Å²) in [6.07, 6.45) is 10.6. The Morgan fingerprint density at radius 3 is 2.32 bits per heavy atom. The van der Waals surface area contributed by atoms with Crippen LogP contribution in [0.5, 0.6) is 0 Å². The van der Waals surface area contributed by atoms with E-state index in [0.29, 0.717) is 11.1 Å². The molecule has 0 amide bonds. The van der Waals surface area contributed by atoms with E-state index in [4.69, 9.17) is 0 Å². The Balaban J connectivity index is 2.27. The van der Waals surface area contributed by atoms with Crippen molar-refractivity contribution in [1.29, 1.82) is 0 Å². The Labute approximate surface area is 115 Å². The molecule has 1 rings (SSSR count). The summed E-state index contributed by atoms with van der Waals surface area (Å²) in [6, 6.07) is 4.70. The van der Waals surface area contributed by atoms with E-state index in [1.54, 1.807) is 12.1 Å². The van der Waals surface area contributed by atoms with E-state index in [9.17, 15) is 8.78 Å². The second kappa shape index (κ2) is 9.55. The number of hydrogen-bond acceptors (Lipinski definition) is 0. The molecule has 1 aromatic carbocycles. The van der Waals surface area contributed by atoms with Gasteiger partial charge in [0.25, 0.3) is 0 Å². The molecule has 0 bridgehead atoms. The summed E-state index contributed by atoms with van der Waals surface area (Å²) in [7, 11) is 0. The van der Waals surface area contributed by atoms with E-state index >= 15 is 0 Å². The van der Waals surface area contributed by atoms with Crippen LogP contribution in [-0.4, -0.2) is 0 Å². The molecular weight excluding hydrogens is 242 g/mol. The summed E-state index contributed by atoms with van der Waals surface area (Å²) in [5.41, 5.74) is 1.10. The SMILES string of the molecule is CCCCCCCCCc1ccc(C#CF)cc1F. The molecule has 0 N–H and O–H groups in total. The maximum Gasteiger partial charge on any atom is 0.127 e. The quantitative estimate of drug-likeness (QED) is 0.436. The fraction of sp³-hybridized carbons (Fsp3) is 0.529. The molecule has 0 saturated heterocycles. The summed E-state index contributed by atoms with van der Waals surface area (Å²) in [6.45, 7) is 2.21. The van der Waals surface area contributed by atoms with Gasteiger partial charge in [0, 0.05) is 5.56 Å². The highest BCUT2D eigenvalue weighted by atomic mass is 19.1. The summed E-state index contributed by atoms with van der Waals surface area (Å²) in [5.74, 6) is 1.94. The first-order chi connectivity index (χ1) is 9.27. The molecule has 0 radical (unpaired) electrons. The molecule has 0 nitrogen and oxygen atoms in total. The summed E-state index contributed by atoms with van der Waals surface area (Å²) in [5, 5.41) is 0. The number of rotatable bonds is 8. The minimum atomic E-state index is -0.272. The van der Waals surface area contributed by atoms with Crippen molar-refractivity contribution < 1.29 is 8.78 Å². The first kappa shape index (κ1) is 15.7. The smallest absolute Gasteiger partial charge is 0.127 e. The van der Waals surface area contributed by atoms with Gasteiger partial charge in [0.05, 0.1) is 0 Å². The van der Waals surface area contributed by atoms with E-state index in [1.165, 1.54) is 44.3 Å². The number of benzene rings is 1. The molecule has 0 spiro atoms. The van der Waals surface area contributed by atoms with Crippen LogP contribution in [0.25, 0.3) is 0 Å². The van der Waals surface area contributed by atoms with Crippen LogP contribution in [0.2, 0.25) is 0 Å². The van der Waals surface area contributed by atoms with Gasteiger partial charge in [0.2, 0.25) is 0 Å². The van der Waals surface area contributed by atoms with Crippen molar-refractivity contribution in [2.45, 2.75) is 58.3 Å². The number of unbranched alkanes of at least 4 members (excludes halogenated alkanes) is 6. The monoisotopic (exact) mass is 264 g/mol. The molecule has 104 valence electrons. The van der Waals surface area contributed by atoms with Crippen molar-refractivity contribution in [3.63, 3.8) is 0 Å². The Bertz CT molecular complexity index is 427. The maximum absolute atomic E-state index is 13.7. The summed E-state index contributed by atoms with van der Waals surface area (Å²) >= 11 is 0. The highest BCUT2D eigenvalue weighted by molar-refractivity contribution is 5.36. The molecule has 1 aromatic rings. The van der Waals surface area contributed by atoms with Crippen LogP contribution in [-0.2, 0) is 6.42 Å². The zero-order valence-electron chi connectivity index (χ0n) is 11.6. The van der Waals surface area contributed by atoms with Gasteiger partial charge in [-0.2, -0.15) is 0 Å². The maximum atomic E-state index is 13.7. The van der Waals surface area contributed by atoms with Crippen molar-refractivity contribution in [1.82, 2.24) is 0 Å². The standard InChI is InChI=1S/C17H22F2/c1-2-3-4-5-6-7-8-9-16-11-10-15(12-13-18)14-17(16)19/h10-11,14H,2-9H2,1H3. The lowest BCUT2D eigenvalue weighted by Gasteiger charge is -2.04. The molecule has 2 heteroatoms. The predicted molar refractivity (Wildman–Crippen MR) is 76.1 cm³/mol. The van der Waals surface area contributed by atoms with Crippen LogP contribution in [0.15, 0.2) is 18.2 Å². The van der Waals surface area contributed by atoms with Crippen molar-refractivity contribution in [3.8, 4) is 12.1 Å². The van der Waals surface area contributed by atoms with Crippen LogP contribution >= 0.6 is 0 Å². The number of hydrogen-bond donors (Lipinski definition) is 0. The fourth-order valence-electron chi connectivity index (χ4n) is 2.15. The van der Waals surface area contributed by atoms with E-state index < -0.39 is 0 Å². The molecule has 0 atom stereocenters. The highest BCUT2D eigenvalue weighted by Gasteiger charge is 2.02. The molecule has 0 saturated carbocycles. The Kier molecular flexibility index (Phi) is 7.89. The first-order valence-corrected chi connectivity index (χ1v) is 7.18. The van der Waals surface area contributed by atoms with Gasteiger partial charge in [0.1, 0.15) is 12.0 Å². The van der Waals surface area contributed by atoms with Crippen LogP contribution in [0, 0.1) is 17.9 Å². The van der Waals surface area contributed by atoms with Crippen LogP contribution in [0.1, 0.15) is 63.0 Å². The third-order valence-corrected chi connectivity index (χ3v) is 3.29. The minimum absolute atomic E-state index is 0.272. The second-order valence-electron chi connectivity index (χ2n) is 4.90. The van der Waals surface area contributed by atoms with Gasteiger partial charge >= 0.3 is 0 Å². The Morgan fingerprint density at radius 1 is 1.00 bits per heavy atom. The summed E-state index contributed by atoms with van der Waals surface area (Å²) in [4.78, 5) is 0. The number of halogens is 2. The molecule has 0 aromatic heterocycles. The lowest BCUT2D eigenvalue weighted by atomic mass is 10.0. The lowest BCUT2D eigenvalue weighted by Crippen LogP contribution is -1.92. The van der Waals surface area contributed by atoms with Gasteiger partial charge in [-0.3, -0.25) is 0 Å². The van der Waals surface area contributed by atoms with Crippen LogP contribution in [0.3, 0.4) is 0 Å². The van der Waals surface area contributed by atoms with E-state index in [2.05, 4.69) is 12.8 Å². The molecule has 0 fully saturated rings. The van der Waals surface area contributed by atoms with Gasteiger partial charge in [-0.25, -0.2) is 4.39 Å². The van der Waals surface area contributed by atoms with E-state index in [1.807, 2.05) is 0 Å². The van der Waals surface area contributed by atoms with Gasteiger partial charge in [-0.05, 0) is 36.5 Å². The average molecular weight is 264 g/mol. The first-order valence-electron chi connectivity index (χ1n) is 7.18. The number of aryl methyl sites for hydroxylation is 1. The van der Waals surface area contributed by atoms with Crippen molar-refractivity contribution in [2.24, 2.45) is 0 Å². The Hall–Kier alpha value is -1.36. The molecule has 0 aliphatic carbocycles. The molecule has 0 aliphatic heterocycles. The fourth-order valence-corrected chi connectivity index (χ4v) is 2.15. The van der Waals surface area contributed by atoms with Gasteiger partial charge in [-0.1, -0.05) is 51.5 Å². The van der Waals surface area contributed by atoms with Crippen molar-refractivity contribution >= 4 is 0 Å². The van der Waals surface area contributed by atoms with Crippen LogP contribution in [0.4, 0.5) is 8.78 Å². The molecule has 0 aliphatic rings. The second-order valence-corrected chi connectivity index (χ2v) is 4.90. The summed E-state index contributed by atoms with van der Waals surface area (Å²) < 4.78 is 25.5. The average Bonchev–Trinajstić information content (AvgIpc) is 2.40.